The number of anilines is 1. The maximum Gasteiger partial charge on any atom is 0.204 e. The Morgan fingerprint density at radius 2 is 1.97 bits per heavy atom. The molecule has 0 amide bonds. The van der Waals surface area contributed by atoms with Gasteiger partial charge < -0.3 is 9.47 Å². The summed E-state index contributed by atoms with van der Waals surface area (Å²) in [6, 6.07) is 17.1. The van der Waals surface area contributed by atoms with Crippen LogP contribution in [-0.4, -0.2) is 17.8 Å². The van der Waals surface area contributed by atoms with Crippen molar-refractivity contribution in [2.45, 2.75) is 13.5 Å². The van der Waals surface area contributed by atoms with Gasteiger partial charge in [0, 0.05) is 15.6 Å². The second-order valence-corrected chi connectivity index (χ2v) is 9.37. The molecule has 3 aromatic carbocycles. The van der Waals surface area contributed by atoms with E-state index >= 15 is 0 Å². The predicted molar refractivity (Wildman–Crippen MR) is 137 cm³/mol. The molecule has 0 aliphatic rings. The highest BCUT2D eigenvalue weighted by molar-refractivity contribution is 9.10. The highest BCUT2D eigenvalue weighted by atomic mass is 79.9. The number of thiazole rings is 1. The van der Waals surface area contributed by atoms with Crippen molar-refractivity contribution in [3.8, 4) is 11.5 Å². The average molecular weight is 551 g/mol. The SMILES string of the molecule is CCOc1cc(/C=N\Nc2nc3ccccc3s2)cc(Br)c1OCc1ccc(Cl)cc1Cl. The van der Waals surface area contributed by atoms with Crippen molar-refractivity contribution >= 4 is 72.0 Å². The Morgan fingerprint density at radius 3 is 2.75 bits per heavy atom. The molecular formula is C23H18BrCl2N3O2S. The molecule has 0 fully saturated rings. The summed E-state index contributed by atoms with van der Waals surface area (Å²) in [5, 5.41) is 6.18. The lowest BCUT2D eigenvalue weighted by Gasteiger charge is -2.15. The molecule has 1 aromatic heterocycles. The summed E-state index contributed by atoms with van der Waals surface area (Å²) in [7, 11) is 0. The Bertz CT molecular complexity index is 1250. The van der Waals surface area contributed by atoms with Gasteiger partial charge in [-0.3, -0.25) is 5.43 Å². The Hall–Kier alpha value is -2.32. The molecule has 0 saturated carbocycles. The van der Waals surface area contributed by atoms with E-state index in [1.807, 2.05) is 49.4 Å². The number of ether oxygens (including phenoxy) is 2. The van der Waals surface area contributed by atoms with Crippen molar-refractivity contribution in [3.05, 3.63) is 80.2 Å². The molecule has 4 aromatic rings. The third-order valence-electron chi connectivity index (χ3n) is 4.39. The first-order valence-electron chi connectivity index (χ1n) is 9.71. The lowest BCUT2D eigenvalue weighted by molar-refractivity contribution is 0.267. The van der Waals surface area contributed by atoms with Gasteiger partial charge >= 0.3 is 0 Å². The minimum atomic E-state index is 0.279. The maximum absolute atomic E-state index is 6.26. The van der Waals surface area contributed by atoms with E-state index < -0.39 is 0 Å². The van der Waals surface area contributed by atoms with Gasteiger partial charge in [0.15, 0.2) is 11.5 Å². The lowest BCUT2D eigenvalue weighted by atomic mass is 10.2. The fraction of sp³-hybridized carbons (Fsp3) is 0.130. The Kier molecular flexibility index (Phi) is 7.52. The van der Waals surface area contributed by atoms with Gasteiger partial charge in [-0.2, -0.15) is 5.10 Å². The Morgan fingerprint density at radius 1 is 1.12 bits per heavy atom. The molecule has 1 N–H and O–H groups in total. The van der Waals surface area contributed by atoms with Crippen LogP contribution < -0.4 is 14.9 Å². The molecule has 0 aliphatic carbocycles. The quantitative estimate of drug-likeness (QED) is 0.180. The van der Waals surface area contributed by atoms with E-state index in [0.29, 0.717) is 28.2 Å². The average Bonchev–Trinajstić information content (AvgIpc) is 3.17. The zero-order chi connectivity index (χ0) is 22.5. The number of aromatic nitrogens is 1. The first-order chi connectivity index (χ1) is 15.5. The van der Waals surface area contributed by atoms with Crippen LogP contribution in [0.1, 0.15) is 18.1 Å². The number of rotatable bonds is 8. The maximum atomic E-state index is 6.26. The standard InChI is InChI=1S/C23H18BrCl2N3O2S/c1-2-30-20-10-14(12-27-29-23-28-19-5-3-4-6-21(19)32-23)9-17(24)22(20)31-13-15-7-8-16(25)11-18(15)26/h3-12H,2,13H2,1H3,(H,28,29)/b27-12-. The summed E-state index contributed by atoms with van der Waals surface area (Å²) in [6.45, 7) is 2.69. The van der Waals surface area contributed by atoms with E-state index in [1.54, 1.807) is 29.7 Å². The van der Waals surface area contributed by atoms with E-state index in [1.165, 1.54) is 0 Å². The largest absolute Gasteiger partial charge is 0.490 e. The van der Waals surface area contributed by atoms with Crippen LogP contribution in [0.15, 0.2) is 64.2 Å². The van der Waals surface area contributed by atoms with E-state index in [4.69, 9.17) is 32.7 Å². The van der Waals surface area contributed by atoms with Crippen LogP contribution in [0.4, 0.5) is 5.13 Å². The van der Waals surface area contributed by atoms with Crippen molar-refractivity contribution in [2.75, 3.05) is 12.0 Å². The molecule has 0 bridgehead atoms. The molecule has 32 heavy (non-hydrogen) atoms. The monoisotopic (exact) mass is 549 g/mol. The van der Waals surface area contributed by atoms with Crippen molar-refractivity contribution < 1.29 is 9.47 Å². The highest BCUT2D eigenvalue weighted by Gasteiger charge is 2.13. The topological polar surface area (TPSA) is 55.7 Å². The normalized spacial score (nSPS) is 11.2. The van der Waals surface area contributed by atoms with Crippen molar-refractivity contribution in [1.29, 1.82) is 0 Å². The number of hydrogen-bond donors (Lipinski definition) is 1. The van der Waals surface area contributed by atoms with Crippen LogP contribution in [0.3, 0.4) is 0 Å². The van der Waals surface area contributed by atoms with Gasteiger partial charge in [-0.15, -0.1) is 0 Å². The Labute approximate surface area is 208 Å². The van der Waals surface area contributed by atoms with E-state index in [0.717, 1.165) is 30.9 Å². The molecule has 0 spiro atoms. The summed E-state index contributed by atoms with van der Waals surface area (Å²) < 4.78 is 13.7. The Balaban J connectivity index is 1.50. The van der Waals surface area contributed by atoms with Crippen molar-refractivity contribution in [1.82, 2.24) is 4.98 Å². The summed E-state index contributed by atoms with van der Waals surface area (Å²) >= 11 is 17.4. The molecule has 0 saturated heterocycles. The zero-order valence-electron chi connectivity index (χ0n) is 16.9. The molecule has 164 valence electrons. The van der Waals surface area contributed by atoms with Gasteiger partial charge in [0.05, 0.1) is 27.5 Å². The van der Waals surface area contributed by atoms with Crippen LogP contribution in [0, 0.1) is 0 Å². The first kappa shape index (κ1) is 22.9. The second-order valence-electron chi connectivity index (χ2n) is 6.64. The third-order valence-corrected chi connectivity index (χ3v) is 6.50. The molecule has 0 radical (unpaired) electrons. The van der Waals surface area contributed by atoms with E-state index in [9.17, 15) is 0 Å². The van der Waals surface area contributed by atoms with Crippen LogP contribution >= 0.6 is 50.5 Å². The van der Waals surface area contributed by atoms with Crippen LogP contribution in [0.2, 0.25) is 10.0 Å². The molecule has 4 rings (SSSR count). The smallest absolute Gasteiger partial charge is 0.204 e. The third kappa shape index (κ3) is 5.53. The summed E-state index contributed by atoms with van der Waals surface area (Å²) in [5.74, 6) is 1.20. The van der Waals surface area contributed by atoms with Gasteiger partial charge in [-0.1, -0.05) is 52.7 Å². The van der Waals surface area contributed by atoms with Gasteiger partial charge in [-0.05, 0) is 64.8 Å². The molecule has 9 heteroatoms. The summed E-state index contributed by atoms with van der Waals surface area (Å²) in [4.78, 5) is 4.51. The van der Waals surface area contributed by atoms with Gasteiger partial charge in [-0.25, -0.2) is 4.98 Å². The van der Waals surface area contributed by atoms with Crippen molar-refractivity contribution in [2.24, 2.45) is 5.10 Å². The number of benzene rings is 3. The number of hydrazone groups is 1. The molecule has 0 aliphatic heterocycles. The van der Waals surface area contributed by atoms with Crippen LogP contribution in [-0.2, 0) is 6.61 Å². The minimum absolute atomic E-state index is 0.279. The van der Waals surface area contributed by atoms with E-state index in [-0.39, 0.29) is 6.61 Å². The molecule has 1 heterocycles. The van der Waals surface area contributed by atoms with Crippen LogP contribution in [0.5, 0.6) is 11.5 Å². The highest BCUT2D eigenvalue weighted by Crippen LogP contribution is 2.37. The summed E-state index contributed by atoms with van der Waals surface area (Å²) in [5.41, 5.74) is 5.60. The zero-order valence-corrected chi connectivity index (χ0v) is 20.9. The molecular weight excluding hydrogens is 533 g/mol. The summed E-state index contributed by atoms with van der Waals surface area (Å²) in [6.07, 6.45) is 1.71. The van der Waals surface area contributed by atoms with Gasteiger partial charge in [0.1, 0.15) is 6.61 Å². The number of nitrogens with zero attached hydrogens (tertiary/aromatic N) is 2. The van der Waals surface area contributed by atoms with Crippen LogP contribution in [0.25, 0.3) is 10.2 Å². The molecule has 0 unspecified atom stereocenters. The fourth-order valence-corrected chi connectivity index (χ4v) is 4.79. The number of para-hydroxylation sites is 1. The second kappa shape index (κ2) is 10.5. The number of hydrogen-bond acceptors (Lipinski definition) is 6. The number of fused-ring (bicyclic) bond motifs is 1. The van der Waals surface area contributed by atoms with E-state index in [2.05, 4.69) is 31.4 Å². The molecule has 0 atom stereocenters. The lowest BCUT2D eigenvalue weighted by Crippen LogP contribution is -2.02. The first-order valence-corrected chi connectivity index (χ1v) is 12.1. The van der Waals surface area contributed by atoms with Gasteiger partial charge in [0.25, 0.3) is 0 Å². The fourth-order valence-electron chi connectivity index (χ4n) is 2.94. The van der Waals surface area contributed by atoms with Gasteiger partial charge in [0.2, 0.25) is 5.13 Å². The molecule has 5 nitrogen and oxygen atoms in total. The predicted octanol–water partition coefficient (Wildman–Crippen LogP) is 7.79. The number of halogens is 3. The van der Waals surface area contributed by atoms with Crippen molar-refractivity contribution in [3.63, 3.8) is 0 Å². The minimum Gasteiger partial charge on any atom is -0.490 e. The number of nitrogens with one attached hydrogen (secondary N) is 1.